The van der Waals surface area contributed by atoms with Gasteiger partial charge in [-0.2, -0.15) is 0 Å². The minimum absolute atomic E-state index is 0.0367. The van der Waals surface area contributed by atoms with Crippen molar-refractivity contribution in [1.29, 1.82) is 0 Å². The number of allylic oxidation sites excluding steroid dienone is 1. The zero-order chi connectivity index (χ0) is 15.2. The Balaban J connectivity index is 2.65. The molecule has 0 fully saturated rings. The van der Waals surface area contributed by atoms with Crippen LogP contribution < -0.4 is 9.88 Å². The molecule has 0 bridgehead atoms. The number of halogens is 2. The summed E-state index contributed by atoms with van der Waals surface area (Å²) in [4.78, 5) is 0.0367. The smallest absolute Gasteiger partial charge is 0.238 e. The lowest BCUT2D eigenvalue weighted by Crippen LogP contribution is -2.12. The maximum atomic E-state index is 11.3. The van der Waals surface area contributed by atoms with Gasteiger partial charge in [0.2, 0.25) is 10.0 Å². The van der Waals surface area contributed by atoms with Crippen molar-refractivity contribution in [3.63, 3.8) is 0 Å². The molecule has 0 saturated heterocycles. The Morgan fingerprint density at radius 2 is 1.80 bits per heavy atom. The summed E-state index contributed by atoms with van der Waals surface area (Å²) in [5.41, 5.74) is 0. The first-order valence-corrected chi connectivity index (χ1v) is 9.25. The maximum Gasteiger partial charge on any atom is 0.238 e. The Kier molecular flexibility index (Phi) is 7.22. The number of primary sulfonamides is 1. The van der Waals surface area contributed by atoms with Crippen molar-refractivity contribution in [1.82, 2.24) is 0 Å². The Morgan fingerprint density at radius 1 is 1.20 bits per heavy atom. The second-order valence-corrected chi connectivity index (χ2v) is 7.52. The minimum Gasteiger partial charge on any atom is -0.491 e. The third-order valence-corrected chi connectivity index (χ3v) is 4.67. The number of hydrogen-bond acceptors (Lipinski definition) is 3. The van der Waals surface area contributed by atoms with E-state index < -0.39 is 10.0 Å². The van der Waals surface area contributed by atoms with Crippen LogP contribution in [-0.4, -0.2) is 15.0 Å². The molecule has 112 valence electrons. The van der Waals surface area contributed by atoms with Crippen LogP contribution in [-0.2, 0) is 10.0 Å². The predicted molar refractivity (Wildman–Crippen MR) is 87.4 cm³/mol. The van der Waals surface area contributed by atoms with E-state index in [4.69, 9.17) is 9.88 Å². The second kappa shape index (κ2) is 8.17. The summed E-state index contributed by atoms with van der Waals surface area (Å²) in [6.07, 6.45) is 6.01. The van der Waals surface area contributed by atoms with Crippen LogP contribution >= 0.6 is 31.9 Å². The van der Waals surface area contributed by atoms with Gasteiger partial charge < -0.3 is 4.74 Å². The molecule has 0 aromatic heterocycles. The molecule has 1 aromatic rings. The van der Waals surface area contributed by atoms with E-state index in [0.717, 1.165) is 25.7 Å². The van der Waals surface area contributed by atoms with Gasteiger partial charge in [0.05, 0.1) is 20.4 Å². The molecule has 0 spiro atoms. The standard InChI is InChI=1S/C13H17Br2NO3S/c1-2-3-4-5-6-7-19-13-11(14)8-10(9-12(13)15)20(16,17)18/h2,8-9H,1,3-7H2,(H2,16,17,18). The third-order valence-electron chi connectivity index (χ3n) is 2.60. The number of sulfonamides is 1. The third kappa shape index (κ3) is 5.55. The summed E-state index contributed by atoms with van der Waals surface area (Å²) in [5, 5.41) is 5.09. The average molecular weight is 427 g/mol. The molecule has 0 aliphatic heterocycles. The summed E-state index contributed by atoms with van der Waals surface area (Å²) in [6.45, 7) is 4.25. The molecule has 0 unspecified atom stereocenters. The molecule has 0 heterocycles. The van der Waals surface area contributed by atoms with Gasteiger partial charge in [-0.25, -0.2) is 13.6 Å². The molecular weight excluding hydrogens is 410 g/mol. The van der Waals surface area contributed by atoms with Crippen molar-refractivity contribution in [3.05, 3.63) is 33.7 Å². The molecule has 0 atom stereocenters. The predicted octanol–water partition coefficient (Wildman–Crippen LogP) is 3.98. The zero-order valence-electron chi connectivity index (χ0n) is 10.9. The number of nitrogens with two attached hydrogens (primary N) is 1. The number of hydrogen-bond donors (Lipinski definition) is 1. The molecule has 4 nitrogen and oxygen atoms in total. The highest BCUT2D eigenvalue weighted by molar-refractivity contribution is 9.11. The van der Waals surface area contributed by atoms with Crippen LogP contribution in [0.2, 0.25) is 0 Å². The Morgan fingerprint density at radius 3 is 2.30 bits per heavy atom. The highest BCUT2D eigenvalue weighted by atomic mass is 79.9. The highest BCUT2D eigenvalue weighted by Crippen LogP contribution is 2.35. The quantitative estimate of drug-likeness (QED) is 0.504. The number of benzene rings is 1. The van der Waals surface area contributed by atoms with E-state index >= 15 is 0 Å². The highest BCUT2D eigenvalue weighted by Gasteiger charge is 2.15. The van der Waals surface area contributed by atoms with E-state index in [9.17, 15) is 8.42 Å². The van der Waals surface area contributed by atoms with Crippen LogP contribution in [0.15, 0.2) is 38.6 Å². The molecule has 0 saturated carbocycles. The number of rotatable bonds is 8. The van der Waals surface area contributed by atoms with E-state index in [1.54, 1.807) is 0 Å². The summed E-state index contributed by atoms with van der Waals surface area (Å²) in [7, 11) is -3.72. The van der Waals surface area contributed by atoms with Gasteiger partial charge in [-0.3, -0.25) is 0 Å². The Hall–Kier alpha value is -0.370. The summed E-state index contributed by atoms with van der Waals surface area (Å²) < 4.78 is 29.4. The lowest BCUT2D eigenvalue weighted by Gasteiger charge is -2.11. The minimum atomic E-state index is -3.72. The van der Waals surface area contributed by atoms with Crippen molar-refractivity contribution in [2.75, 3.05) is 6.61 Å². The number of ether oxygens (including phenoxy) is 1. The topological polar surface area (TPSA) is 69.4 Å². The molecule has 0 aliphatic rings. The van der Waals surface area contributed by atoms with Crippen molar-refractivity contribution in [2.24, 2.45) is 5.14 Å². The fourth-order valence-corrected chi connectivity index (χ4v) is 3.86. The Labute approximate surface area is 136 Å². The van der Waals surface area contributed by atoms with E-state index in [0.29, 0.717) is 21.3 Å². The van der Waals surface area contributed by atoms with Gasteiger partial charge in [0.25, 0.3) is 0 Å². The zero-order valence-corrected chi connectivity index (χ0v) is 14.9. The first-order valence-electron chi connectivity index (χ1n) is 6.12. The van der Waals surface area contributed by atoms with Gasteiger partial charge in [-0.1, -0.05) is 6.08 Å². The monoisotopic (exact) mass is 425 g/mol. The number of unbranched alkanes of at least 4 members (excludes halogenated alkanes) is 3. The summed E-state index contributed by atoms with van der Waals surface area (Å²) in [5.74, 6) is 0.584. The van der Waals surface area contributed by atoms with Crippen molar-refractivity contribution in [2.45, 2.75) is 30.6 Å². The lowest BCUT2D eigenvalue weighted by molar-refractivity contribution is 0.301. The van der Waals surface area contributed by atoms with Crippen molar-refractivity contribution >= 4 is 41.9 Å². The first kappa shape index (κ1) is 17.7. The molecule has 0 amide bonds. The molecule has 1 aromatic carbocycles. The molecule has 1 rings (SSSR count). The Bertz CT molecular complexity index is 550. The average Bonchev–Trinajstić information content (AvgIpc) is 2.34. The maximum absolute atomic E-state index is 11.3. The molecule has 2 N–H and O–H groups in total. The molecule has 0 aliphatic carbocycles. The van der Waals surface area contributed by atoms with Crippen molar-refractivity contribution < 1.29 is 13.2 Å². The van der Waals surface area contributed by atoms with Gasteiger partial charge in [0, 0.05) is 0 Å². The fraction of sp³-hybridized carbons (Fsp3) is 0.385. The van der Waals surface area contributed by atoms with E-state index in [-0.39, 0.29) is 4.90 Å². The largest absolute Gasteiger partial charge is 0.491 e. The first-order chi connectivity index (χ1) is 9.36. The van der Waals surface area contributed by atoms with Crippen LogP contribution in [0.3, 0.4) is 0 Å². The van der Waals surface area contributed by atoms with Crippen LogP contribution in [0.1, 0.15) is 25.7 Å². The summed E-state index contributed by atoms with van der Waals surface area (Å²) >= 11 is 6.59. The van der Waals surface area contributed by atoms with Gasteiger partial charge in [0.1, 0.15) is 5.75 Å². The van der Waals surface area contributed by atoms with Crippen LogP contribution in [0.25, 0.3) is 0 Å². The van der Waals surface area contributed by atoms with Gasteiger partial charge >= 0.3 is 0 Å². The van der Waals surface area contributed by atoms with Crippen LogP contribution in [0.4, 0.5) is 0 Å². The van der Waals surface area contributed by atoms with Gasteiger partial charge in [-0.05, 0) is 69.7 Å². The van der Waals surface area contributed by atoms with Crippen molar-refractivity contribution in [3.8, 4) is 5.75 Å². The van der Waals surface area contributed by atoms with E-state index in [1.165, 1.54) is 12.1 Å². The fourth-order valence-electron chi connectivity index (χ4n) is 1.58. The molecule has 7 heteroatoms. The van der Waals surface area contributed by atoms with E-state index in [1.807, 2.05) is 6.08 Å². The van der Waals surface area contributed by atoms with Crippen LogP contribution in [0.5, 0.6) is 5.75 Å². The van der Waals surface area contributed by atoms with E-state index in [2.05, 4.69) is 38.4 Å². The van der Waals surface area contributed by atoms with Crippen LogP contribution in [0, 0.1) is 0 Å². The van der Waals surface area contributed by atoms with Gasteiger partial charge in [0.15, 0.2) is 0 Å². The van der Waals surface area contributed by atoms with Gasteiger partial charge in [-0.15, -0.1) is 6.58 Å². The second-order valence-electron chi connectivity index (χ2n) is 4.25. The molecular formula is C13H17Br2NO3S. The summed E-state index contributed by atoms with van der Waals surface area (Å²) in [6, 6.07) is 2.88. The lowest BCUT2D eigenvalue weighted by atomic mass is 10.2. The SMILES string of the molecule is C=CCCCCCOc1c(Br)cc(S(N)(=O)=O)cc1Br. The molecule has 0 radical (unpaired) electrons. The molecule has 20 heavy (non-hydrogen) atoms. The normalized spacial score (nSPS) is 11.3.